The molecule has 0 spiro atoms. The lowest BCUT2D eigenvalue weighted by Gasteiger charge is -2.15. The molecule has 116 valence electrons. The molecular weight excluding hydrogens is 326 g/mol. The predicted octanol–water partition coefficient (Wildman–Crippen LogP) is 2.35. The Labute approximate surface area is 132 Å². The van der Waals surface area contributed by atoms with Gasteiger partial charge in [-0.2, -0.15) is 0 Å². The molecule has 2 aliphatic rings. The van der Waals surface area contributed by atoms with Crippen LogP contribution >= 0.6 is 11.6 Å². The summed E-state index contributed by atoms with van der Waals surface area (Å²) in [6, 6.07) is 7.18. The number of amides is 1. The zero-order valence-corrected chi connectivity index (χ0v) is 13.2. The molecule has 3 heterocycles. The summed E-state index contributed by atoms with van der Waals surface area (Å²) in [5, 5.41) is 0.555. The van der Waals surface area contributed by atoms with Crippen molar-refractivity contribution in [2.75, 3.05) is 18.8 Å². The Hall–Kier alpha value is -1.53. The number of sulfone groups is 1. The van der Waals surface area contributed by atoms with E-state index in [1.54, 1.807) is 17.0 Å². The van der Waals surface area contributed by atoms with Crippen molar-refractivity contribution in [3.8, 4) is 0 Å². The van der Waals surface area contributed by atoms with Gasteiger partial charge in [0.1, 0.15) is 5.58 Å². The van der Waals surface area contributed by atoms with Gasteiger partial charge in [0.15, 0.2) is 9.84 Å². The van der Waals surface area contributed by atoms with Crippen LogP contribution in [-0.2, 0) is 9.84 Å². The Morgan fingerprint density at radius 3 is 2.77 bits per heavy atom. The molecule has 0 bridgehead atoms. The van der Waals surface area contributed by atoms with Gasteiger partial charge in [-0.25, -0.2) is 8.42 Å². The molecule has 0 unspecified atom stereocenters. The van der Waals surface area contributed by atoms with E-state index >= 15 is 0 Å². The normalized spacial score (nSPS) is 26.5. The van der Waals surface area contributed by atoms with E-state index in [9.17, 15) is 13.2 Å². The molecule has 1 amide bonds. The standard InChI is InChI=1S/C15H14ClNO4S/c16-13-10-3-1-2-4-11(10)21-14(13)15(18)17-7-9-5-6-22(19,20)12(9)8-17/h1-4,9,12H,5-8H2/t9-,12+/m0/s1. The van der Waals surface area contributed by atoms with Crippen molar-refractivity contribution in [2.45, 2.75) is 11.7 Å². The molecule has 2 atom stereocenters. The fraction of sp³-hybridized carbons (Fsp3) is 0.400. The smallest absolute Gasteiger partial charge is 0.291 e. The first kappa shape index (κ1) is 14.1. The van der Waals surface area contributed by atoms with E-state index in [2.05, 4.69) is 0 Å². The summed E-state index contributed by atoms with van der Waals surface area (Å²) in [5.74, 6) is 0.0404. The monoisotopic (exact) mass is 339 g/mol. The van der Waals surface area contributed by atoms with Crippen LogP contribution in [-0.4, -0.2) is 43.3 Å². The number of fused-ring (bicyclic) bond motifs is 2. The molecule has 0 N–H and O–H groups in total. The van der Waals surface area contributed by atoms with Crippen LogP contribution in [0.15, 0.2) is 28.7 Å². The number of hydrogen-bond donors (Lipinski definition) is 0. The van der Waals surface area contributed by atoms with Gasteiger partial charge in [0.2, 0.25) is 5.76 Å². The number of rotatable bonds is 1. The number of furan rings is 1. The first-order valence-corrected chi connectivity index (χ1v) is 9.24. The second-order valence-electron chi connectivity index (χ2n) is 5.91. The van der Waals surface area contributed by atoms with E-state index in [0.717, 1.165) is 0 Å². The van der Waals surface area contributed by atoms with Gasteiger partial charge in [0.05, 0.1) is 16.0 Å². The SMILES string of the molecule is O=C(c1oc2ccccc2c1Cl)N1C[C@@H]2CCS(=O)(=O)[C@@H]2C1. The number of benzene rings is 1. The largest absolute Gasteiger partial charge is 0.449 e. The molecule has 5 nitrogen and oxygen atoms in total. The Bertz CT molecular complexity index is 873. The molecule has 22 heavy (non-hydrogen) atoms. The molecule has 0 saturated carbocycles. The van der Waals surface area contributed by atoms with E-state index in [4.69, 9.17) is 16.0 Å². The third-order valence-electron chi connectivity index (χ3n) is 4.63. The Morgan fingerprint density at radius 2 is 2.05 bits per heavy atom. The maximum atomic E-state index is 12.6. The van der Waals surface area contributed by atoms with E-state index in [-0.39, 0.29) is 29.9 Å². The van der Waals surface area contributed by atoms with Gasteiger partial charge in [-0.15, -0.1) is 0 Å². The lowest BCUT2D eigenvalue weighted by atomic mass is 10.1. The highest BCUT2D eigenvalue weighted by molar-refractivity contribution is 7.92. The molecule has 7 heteroatoms. The second-order valence-corrected chi connectivity index (χ2v) is 8.62. The van der Waals surface area contributed by atoms with Crippen molar-refractivity contribution in [3.63, 3.8) is 0 Å². The number of carbonyl (C=O) groups is 1. The van der Waals surface area contributed by atoms with E-state index in [0.29, 0.717) is 29.0 Å². The number of para-hydroxylation sites is 1. The first-order valence-electron chi connectivity index (χ1n) is 7.15. The number of halogens is 1. The van der Waals surface area contributed by atoms with Gasteiger partial charge < -0.3 is 9.32 Å². The lowest BCUT2D eigenvalue weighted by Crippen LogP contribution is -2.32. The average Bonchev–Trinajstić information content (AvgIpc) is 3.14. The minimum absolute atomic E-state index is 0.0390. The lowest BCUT2D eigenvalue weighted by molar-refractivity contribution is 0.0757. The molecule has 2 aromatic rings. The van der Waals surface area contributed by atoms with Crippen LogP contribution in [0.25, 0.3) is 11.0 Å². The number of carbonyl (C=O) groups excluding carboxylic acids is 1. The van der Waals surface area contributed by atoms with Crippen molar-refractivity contribution in [1.82, 2.24) is 4.90 Å². The van der Waals surface area contributed by atoms with E-state index < -0.39 is 15.1 Å². The van der Waals surface area contributed by atoms with Gasteiger partial charge in [0, 0.05) is 18.5 Å². The molecule has 2 aliphatic heterocycles. The summed E-state index contributed by atoms with van der Waals surface area (Å²) in [4.78, 5) is 14.2. The van der Waals surface area contributed by atoms with Crippen LogP contribution in [0.5, 0.6) is 0 Å². The summed E-state index contributed by atoms with van der Waals surface area (Å²) >= 11 is 6.25. The van der Waals surface area contributed by atoms with Crippen LogP contribution in [0, 0.1) is 5.92 Å². The zero-order chi connectivity index (χ0) is 15.5. The van der Waals surface area contributed by atoms with Crippen LogP contribution in [0.2, 0.25) is 5.02 Å². The average molecular weight is 340 g/mol. The van der Waals surface area contributed by atoms with Gasteiger partial charge in [-0.1, -0.05) is 23.7 Å². The molecule has 2 saturated heterocycles. The summed E-state index contributed by atoms with van der Waals surface area (Å²) < 4.78 is 29.5. The van der Waals surface area contributed by atoms with E-state index in [1.807, 2.05) is 12.1 Å². The van der Waals surface area contributed by atoms with Crippen LogP contribution < -0.4 is 0 Å². The van der Waals surface area contributed by atoms with Crippen LogP contribution in [0.1, 0.15) is 17.0 Å². The summed E-state index contributed by atoms with van der Waals surface area (Å²) in [6.07, 6.45) is 0.630. The van der Waals surface area contributed by atoms with Crippen molar-refractivity contribution >= 4 is 38.3 Å². The molecule has 0 aliphatic carbocycles. The first-order chi connectivity index (χ1) is 10.5. The zero-order valence-electron chi connectivity index (χ0n) is 11.7. The highest BCUT2D eigenvalue weighted by Gasteiger charge is 2.48. The summed E-state index contributed by atoms with van der Waals surface area (Å²) in [6.45, 7) is 0.690. The molecule has 0 radical (unpaired) electrons. The number of hydrogen-bond acceptors (Lipinski definition) is 4. The van der Waals surface area contributed by atoms with Crippen LogP contribution in [0.4, 0.5) is 0 Å². The quantitative estimate of drug-likeness (QED) is 0.799. The minimum atomic E-state index is -3.06. The van der Waals surface area contributed by atoms with Crippen molar-refractivity contribution in [1.29, 1.82) is 0 Å². The maximum absolute atomic E-state index is 12.6. The van der Waals surface area contributed by atoms with E-state index in [1.165, 1.54) is 0 Å². The number of nitrogens with zero attached hydrogens (tertiary/aromatic N) is 1. The van der Waals surface area contributed by atoms with Crippen molar-refractivity contribution in [3.05, 3.63) is 35.0 Å². The highest BCUT2D eigenvalue weighted by Crippen LogP contribution is 2.36. The molecule has 4 rings (SSSR count). The molecular formula is C15H14ClNO4S. The van der Waals surface area contributed by atoms with Gasteiger partial charge in [-0.3, -0.25) is 4.79 Å². The third-order valence-corrected chi connectivity index (χ3v) is 7.27. The molecule has 1 aromatic carbocycles. The highest BCUT2D eigenvalue weighted by atomic mass is 35.5. The Kier molecular flexibility index (Phi) is 3.03. The van der Waals surface area contributed by atoms with Gasteiger partial charge in [-0.05, 0) is 24.5 Å². The minimum Gasteiger partial charge on any atom is -0.449 e. The second kappa shape index (κ2) is 4.73. The number of likely N-dealkylation sites (tertiary alicyclic amines) is 1. The maximum Gasteiger partial charge on any atom is 0.291 e. The Morgan fingerprint density at radius 1 is 1.27 bits per heavy atom. The fourth-order valence-corrected chi connectivity index (χ4v) is 5.88. The van der Waals surface area contributed by atoms with Gasteiger partial charge in [0.25, 0.3) is 5.91 Å². The topological polar surface area (TPSA) is 67.6 Å². The Balaban J connectivity index is 1.66. The summed E-state index contributed by atoms with van der Waals surface area (Å²) in [5.41, 5.74) is 0.558. The van der Waals surface area contributed by atoms with Crippen molar-refractivity contribution < 1.29 is 17.6 Å². The molecule has 1 aromatic heterocycles. The predicted molar refractivity (Wildman–Crippen MR) is 82.8 cm³/mol. The third kappa shape index (κ3) is 1.97. The van der Waals surface area contributed by atoms with Gasteiger partial charge >= 0.3 is 0 Å². The van der Waals surface area contributed by atoms with Crippen LogP contribution in [0.3, 0.4) is 0 Å². The van der Waals surface area contributed by atoms with Crippen molar-refractivity contribution in [2.24, 2.45) is 5.92 Å². The molecule has 2 fully saturated rings. The summed E-state index contributed by atoms with van der Waals surface area (Å²) in [7, 11) is -3.06. The fourth-order valence-electron chi connectivity index (χ4n) is 3.45.